The lowest BCUT2D eigenvalue weighted by Crippen LogP contribution is -2.21. The first-order valence-corrected chi connectivity index (χ1v) is 10.9. The summed E-state index contributed by atoms with van der Waals surface area (Å²) >= 11 is 9.67. The van der Waals surface area contributed by atoms with Crippen molar-refractivity contribution in [1.82, 2.24) is 5.32 Å². The zero-order valence-corrected chi connectivity index (χ0v) is 18.6. The Morgan fingerprint density at radius 3 is 2.55 bits per heavy atom. The van der Waals surface area contributed by atoms with Crippen molar-refractivity contribution in [2.24, 2.45) is 0 Å². The maximum absolute atomic E-state index is 13.3. The molecule has 0 aliphatic heterocycles. The van der Waals surface area contributed by atoms with Crippen LogP contribution in [0.4, 0.5) is 4.39 Å². The smallest absolute Gasteiger partial charge is 0.124 e. The highest BCUT2D eigenvalue weighted by atomic mass is 79.9. The summed E-state index contributed by atoms with van der Waals surface area (Å²) in [4.78, 5) is 0. The van der Waals surface area contributed by atoms with Crippen LogP contribution < -0.4 is 10.1 Å². The van der Waals surface area contributed by atoms with Gasteiger partial charge in [-0.3, -0.25) is 0 Å². The number of nitrogens with one attached hydrogen (secondary N) is 1. The highest BCUT2D eigenvalue weighted by molar-refractivity contribution is 9.10. The molecule has 0 spiro atoms. The van der Waals surface area contributed by atoms with E-state index < -0.39 is 0 Å². The molecule has 0 aromatic heterocycles. The Kier molecular flexibility index (Phi) is 8.10. The molecule has 0 heterocycles. The van der Waals surface area contributed by atoms with E-state index >= 15 is 0 Å². The summed E-state index contributed by atoms with van der Waals surface area (Å²) in [5.41, 5.74) is 3.09. The normalized spacial score (nSPS) is 12.0. The van der Waals surface area contributed by atoms with Gasteiger partial charge in [-0.1, -0.05) is 77.3 Å². The summed E-state index contributed by atoms with van der Waals surface area (Å²) in [5, 5.41) is 4.03. The van der Waals surface area contributed by atoms with Crippen LogP contribution in [0.3, 0.4) is 0 Å². The summed E-state index contributed by atoms with van der Waals surface area (Å²) < 4.78 is 20.3. The third kappa shape index (κ3) is 6.30. The van der Waals surface area contributed by atoms with Crippen molar-refractivity contribution in [3.63, 3.8) is 0 Å². The van der Waals surface area contributed by atoms with E-state index in [1.807, 2.05) is 18.2 Å². The summed E-state index contributed by atoms with van der Waals surface area (Å²) in [6, 6.07) is 21.1. The molecule has 3 aromatic carbocycles. The lowest BCUT2D eigenvalue weighted by Gasteiger charge is -2.20. The van der Waals surface area contributed by atoms with Gasteiger partial charge in [0.1, 0.15) is 18.2 Å². The van der Waals surface area contributed by atoms with E-state index in [1.54, 1.807) is 6.07 Å². The van der Waals surface area contributed by atoms with Crippen LogP contribution in [0.5, 0.6) is 5.75 Å². The molecule has 152 valence electrons. The monoisotopic (exact) mass is 475 g/mol. The SMILES string of the molecule is CCCC(NCc1cc(Br)ccc1OCc1ccc(F)cc1Cl)c1ccccc1. The van der Waals surface area contributed by atoms with Gasteiger partial charge in [0, 0.05) is 28.2 Å². The van der Waals surface area contributed by atoms with Gasteiger partial charge in [-0.05, 0) is 42.3 Å². The molecule has 0 saturated heterocycles. The zero-order valence-electron chi connectivity index (χ0n) is 16.3. The first-order chi connectivity index (χ1) is 14.1. The Labute approximate surface area is 185 Å². The van der Waals surface area contributed by atoms with E-state index in [9.17, 15) is 4.39 Å². The Morgan fingerprint density at radius 1 is 1.03 bits per heavy atom. The van der Waals surface area contributed by atoms with Gasteiger partial charge in [-0.25, -0.2) is 4.39 Å². The van der Waals surface area contributed by atoms with Gasteiger partial charge in [-0.2, -0.15) is 0 Å². The van der Waals surface area contributed by atoms with Crippen molar-refractivity contribution < 1.29 is 9.13 Å². The third-order valence-electron chi connectivity index (χ3n) is 4.74. The van der Waals surface area contributed by atoms with Crippen molar-refractivity contribution in [2.75, 3.05) is 0 Å². The van der Waals surface area contributed by atoms with Crippen LogP contribution >= 0.6 is 27.5 Å². The van der Waals surface area contributed by atoms with Crippen LogP contribution in [0.25, 0.3) is 0 Å². The zero-order chi connectivity index (χ0) is 20.6. The minimum Gasteiger partial charge on any atom is -0.489 e. The average molecular weight is 477 g/mol. The number of rotatable bonds is 9. The van der Waals surface area contributed by atoms with Gasteiger partial charge in [0.05, 0.1) is 5.02 Å². The number of hydrogen-bond donors (Lipinski definition) is 1. The molecular formula is C24H24BrClFNO. The minimum atomic E-state index is -0.352. The molecule has 0 fully saturated rings. The molecule has 29 heavy (non-hydrogen) atoms. The van der Waals surface area contributed by atoms with Crippen LogP contribution in [-0.2, 0) is 13.2 Å². The first kappa shape index (κ1) is 21.8. The van der Waals surface area contributed by atoms with Crippen LogP contribution in [0, 0.1) is 5.82 Å². The van der Waals surface area contributed by atoms with E-state index in [1.165, 1.54) is 17.7 Å². The summed E-state index contributed by atoms with van der Waals surface area (Å²) in [6.45, 7) is 3.15. The summed E-state index contributed by atoms with van der Waals surface area (Å²) in [6.07, 6.45) is 2.15. The van der Waals surface area contributed by atoms with Gasteiger partial charge < -0.3 is 10.1 Å². The van der Waals surface area contributed by atoms with E-state index in [0.29, 0.717) is 11.6 Å². The quantitative estimate of drug-likeness (QED) is 0.346. The summed E-state index contributed by atoms with van der Waals surface area (Å²) in [5.74, 6) is 0.430. The lowest BCUT2D eigenvalue weighted by atomic mass is 10.0. The molecule has 2 nitrogen and oxygen atoms in total. The number of benzene rings is 3. The maximum atomic E-state index is 13.3. The molecule has 0 radical (unpaired) electrons. The first-order valence-electron chi connectivity index (χ1n) is 9.70. The largest absolute Gasteiger partial charge is 0.489 e. The van der Waals surface area contributed by atoms with E-state index in [0.717, 1.165) is 34.2 Å². The molecule has 1 unspecified atom stereocenters. The second-order valence-corrected chi connectivity index (χ2v) is 8.23. The fourth-order valence-electron chi connectivity index (χ4n) is 3.21. The summed E-state index contributed by atoms with van der Waals surface area (Å²) in [7, 11) is 0. The third-order valence-corrected chi connectivity index (χ3v) is 5.58. The predicted octanol–water partition coefficient (Wildman–Crippen LogP) is 7.45. The van der Waals surface area contributed by atoms with Gasteiger partial charge in [0.2, 0.25) is 0 Å². The maximum Gasteiger partial charge on any atom is 0.124 e. The fraction of sp³-hybridized carbons (Fsp3) is 0.250. The molecule has 0 aliphatic carbocycles. The van der Waals surface area contributed by atoms with Crippen LogP contribution in [0.2, 0.25) is 5.02 Å². The van der Waals surface area contributed by atoms with Crippen molar-refractivity contribution in [2.45, 2.75) is 39.0 Å². The molecule has 5 heteroatoms. The highest BCUT2D eigenvalue weighted by Crippen LogP contribution is 2.27. The van der Waals surface area contributed by atoms with Crippen LogP contribution in [0.15, 0.2) is 71.2 Å². The minimum absolute atomic E-state index is 0.277. The molecule has 1 atom stereocenters. The van der Waals surface area contributed by atoms with Crippen LogP contribution in [0.1, 0.15) is 42.5 Å². The second-order valence-electron chi connectivity index (χ2n) is 6.91. The molecule has 0 saturated carbocycles. The van der Waals surface area contributed by atoms with Crippen molar-refractivity contribution in [3.05, 3.63) is 98.7 Å². The Morgan fingerprint density at radius 2 is 1.83 bits per heavy atom. The number of ether oxygens (including phenoxy) is 1. The molecule has 0 bridgehead atoms. The Hall–Kier alpha value is -1.88. The van der Waals surface area contributed by atoms with Gasteiger partial charge in [0.25, 0.3) is 0 Å². The van der Waals surface area contributed by atoms with Gasteiger partial charge in [-0.15, -0.1) is 0 Å². The standard InChI is InChI=1S/C24H24BrClFNO/c1-2-6-23(17-7-4-3-5-8-17)28-15-19-13-20(25)10-12-24(19)29-16-18-9-11-21(27)14-22(18)26/h3-5,7-14,23,28H,2,6,15-16H2,1H3. The van der Waals surface area contributed by atoms with Gasteiger partial charge in [0.15, 0.2) is 0 Å². The molecule has 3 rings (SSSR count). The fourth-order valence-corrected chi connectivity index (χ4v) is 3.85. The van der Waals surface area contributed by atoms with E-state index in [4.69, 9.17) is 16.3 Å². The average Bonchev–Trinajstić information content (AvgIpc) is 2.72. The van der Waals surface area contributed by atoms with Crippen molar-refractivity contribution >= 4 is 27.5 Å². The molecule has 1 N–H and O–H groups in total. The number of hydrogen-bond acceptors (Lipinski definition) is 2. The molecule has 0 aliphatic rings. The molecule has 0 amide bonds. The second kappa shape index (κ2) is 10.8. The topological polar surface area (TPSA) is 21.3 Å². The molecule has 3 aromatic rings. The Bertz CT molecular complexity index is 935. The highest BCUT2D eigenvalue weighted by Gasteiger charge is 2.12. The van der Waals surface area contributed by atoms with Gasteiger partial charge >= 0.3 is 0 Å². The lowest BCUT2D eigenvalue weighted by molar-refractivity contribution is 0.301. The molecular weight excluding hydrogens is 453 g/mol. The Balaban J connectivity index is 1.72. The van der Waals surface area contributed by atoms with Crippen LogP contribution in [-0.4, -0.2) is 0 Å². The predicted molar refractivity (Wildman–Crippen MR) is 121 cm³/mol. The van der Waals surface area contributed by atoms with E-state index in [-0.39, 0.29) is 18.5 Å². The van der Waals surface area contributed by atoms with E-state index in [2.05, 4.69) is 58.5 Å². The van der Waals surface area contributed by atoms with Crippen molar-refractivity contribution in [1.29, 1.82) is 0 Å². The number of halogens is 3. The van der Waals surface area contributed by atoms with Crippen molar-refractivity contribution in [3.8, 4) is 5.75 Å².